The third-order valence-corrected chi connectivity index (χ3v) is 3.04. The van der Waals surface area contributed by atoms with Gasteiger partial charge in [-0.15, -0.1) is 0 Å². The average molecular weight is 154 g/mol. The zero-order valence-corrected chi connectivity index (χ0v) is 7.10. The van der Waals surface area contributed by atoms with Crippen LogP contribution in [0, 0.1) is 0 Å². The third-order valence-electron chi connectivity index (χ3n) is 3.04. The zero-order chi connectivity index (χ0) is 7.73. The van der Waals surface area contributed by atoms with Crippen LogP contribution in [0.2, 0.25) is 0 Å². The summed E-state index contributed by atoms with van der Waals surface area (Å²) in [6.45, 7) is 0.837. The van der Waals surface area contributed by atoms with Crippen molar-refractivity contribution in [2.75, 3.05) is 6.54 Å². The molecule has 2 aliphatic carbocycles. The summed E-state index contributed by atoms with van der Waals surface area (Å²) in [5, 5.41) is 3.69. The largest absolute Gasteiger partial charge is 0.329 e. The van der Waals surface area contributed by atoms with E-state index in [0.717, 1.165) is 12.6 Å². The smallest absolute Gasteiger partial charge is 0.0306 e. The Hall–Kier alpha value is -0.0800. The van der Waals surface area contributed by atoms with Gasteiger partial charge in [-0.25, -0.2) is 0 Å². The van der Waals surface area contributed by atoms with Gasteiger partial charge in [-0.3, -0.25) is 0 Å². The van der Waals surface area contributed by atoms with E-state index in [9.17, 15) is 0 Å². The lowest BCUT2D eigenvalue weighted by Crippen LogP contribution is -2.49. The van der Waals surface area contributed by atoms with Crippen molar-refractivity contribution in [3.8, 4) is 0 Å². The van der Waals surface area contributed by atoms with Gasteiger partial charge < -0.3 is 11.1 Å². The minimum Gasteiger partial charge on any atom is -0.329 e. The number of hydrogen-bond donors (Lipinski definition) is 2. The molecule has 0 aromatic heterocycles. The van der Waals surface area contributed by atoms with E-state index in [2.05, 4.69) is 5.32 Å². The molecule has 0 saturated heterocycles. The molecule has 0 unspecified atom stereocenters. The summed E-state index contributed by atoms with van der Waals surface area (Å²) in [7, 11) is 0. The monoisotopic (exact) mass is 154 g/mol. The molecule has 2 heteroatoms. The van der Waals surface area contributed by atoms with Crippen molar-refractivity contribution >= 4 is 0 Å². The summed E-state index contributed by atoms with van der Waals surface area (Å²) < 4.78 is 0. The number of hydrogen-bond acceptors (Lipinski definition) is 2. The molecule has 2 aliphatic rings. The van der Waals surface area contributed by atoms with E-state index in [1.165, 1.54) is 38.5 Å². The first kappa shape index (κ1) is 7.56. The molecule has 0 aromatic rings. The summed E-state index contributed by atoms with van der Waals surface area (Å²) in [6.07, 6.45) is 8.11. The van der Waals surface area contributed by atoms with Gasteiger partial charge in [0.15, 0.2) is 0 Å². The van der Waals surface area contributed by atoms with Crippen molar-refractivity contribution in [1.29, 1.82) is 0 Å². The minimum absolute atomic E-state index is 0.348. The fraction of sp³-hybridized carbons (Fsp3) is 1.00. The van der Waals surface area contributed by atoms with E-state index in [1.54, 1.807) is 0 Å². The van der Waals surface area contributed by atoms with Crippen LogP contribution >= 0.6 is 0 Å². The van der Waals surface area contributed by atoms with Crippen LogP contribution < -0.4 is 11.1 Å². The Labute approximate surface area is 68.5 Å². The van der Waals surface area contributed by atoms with Crippen molar-refractivity contribution < 1.29 is 0 Å². The summed E-state index contributed by atoms with van der Waals surface area (Å²) in [5.74, 6) is 0. The molecule has 2 fully saturated rings. The Kier molecular flexibility index (Phi) is 1.90. The highest BCUT2D eigenvalue weighted by atomic mass is 15.1. The van der Waals surface area contributed by atoms with E-state index in [-0.39, 0.29) is 0 Å². The van der Waals surface area contributed by atoms with Gasteiger partial charge in [0.05, 0.1) is 0 Å². The van der Waals surface area contributed by atoms with Gasteiger partial charge in [-0.05, 0) is 25.7 Å². The lowest BCUT2D eigenvalue weighted by molar-refractivity contribution is 0.337. The van der Waals surface area contributed by atoms with Crippen molar-refractivity contribution in [3.63, 3.8) is 0 Å². The zero-order valence-electron chi connectivity index (χ0n) is 7.10. The van der Waals surface area contributed by atoms with Crippen LogP contribution in [-0.2, 0) is 0 Å². The molecule has 0 amide bonds. The van der Waals surface area contributed by atoms with Crippen LogP contribution in [0.15, 0.2) is 0 Å². The van der Waals surface area contributed by atoms with Crippen molar-refractivity contribution in [1.82, 2.24) is 5.32 Å². The molecule has 3 N–H and O–H groups in total. The first-order valence-electron chi connectivity index (χ1n) is 4.82. The Bertz CT molecular complexity index is 134. The van der Waals surface area contributed by atoms with Crippen LogP contribution in [0.4, 0.5) is 0 Å². The van der Waals surface area contributed by atoms with Gasteiger partial charge in [-0.2, -0.15) is 0 Å². The molecule has 11 heavy (non-hydrogen) atoms. The van der Waals surface area contributed by atoms with Crippen LogP contribution in [-0.4, -0.2) is 18.1 Å². The molecule has 0 radical (unpaired) electrons. The van der Waals surface area contributed by atoms with Crippen molar-refractivity contribution in [2.24, 2.45) is 5.73 Å². The van der Waals surface area contributed by atoms with Gasteiger partial charge in [0, 0.05) is 18.1 Å². The Morgan fingerprint density at radius 1 is 1.27 bits per heavy atom. The average Bonchev–Trinajstić information content (AvgIpc) is 2.68. The Balaban J connectivity index is 1.91. The second-order valence-electron chi connectivity index (χ2n) is 4.11. The molecule has 0 aromatic carbocycles. The van der Waals surface area contributed by atoms with Gasteiger partial charge in [0.2, 0.25) is 0 Å². The molecular formula is C9H18N2. The molecule has 0 bridgehead atoms. The van der Waals surface area contributed by atoms with Gasteiger partial charge in [-0.1, -0.05) is 12.8 Å². The molecule has 0 atom stereocenters. The summed E-state index contributed by atoms with van der Waals surface area (Å²) in [4.78, 5) is 0. The third kappa shape index (κ3) is 1.57. The fourth-order valence-electron chi connectivity index (χ4n) is 2.12. The SMILES string of the molecule is NCC1(NC2CC2)CCCC1. The molecular weight excluding hydrogens is 136 g/mol. The predicted octanol–water partition coefficient (Wildman–Crippen LogP) is 1.01. The molecule has 2 rings (SSSR count). The maximum atomic E-state index is 5.78. The summed E-state index contributed by atoms with van der Waals surface area (Å²) >= 11 is 0. The second-order valence-corrected chi connectivity index (χ2v) is 4.11. The maximum absolute atomic E-state index is 5.78. The van der Waals surface area contributed by atoms with Crippen LogP contribution in [0.5, 0.6) is 0 Å². The predicted molar refractivity (Wildman–Crippen MR) is 46.4 cm³/mol. The molecule has 0 spiro atoms. The molecule has 64 valence electrons. The second kappa shape index (κ2) is 2.76. The first-order valence-corrected chi connectivity index (χ1v) is 4.82. The molecule has 2 saturated carbocycles. The molecule has 0 heterocycles. The Morgan fingerprint density at radius 2 is 1.91 bits per heavy atom. The normalized spacial score (nSPS) is 29.2. The number of rotatable bonds is 3. The quantitative estimate of drug-likeness (QED) is 0.636. The van der Waals surface area contributed by atoms with E-state index in [0.29, 0.717) is 5.54 Å². The lowest BCUT2D eigenvalue weighted by atomic mass is 9.98. The van der Waals surface area contributed by atoms with E-state index < -0.39 is 0 Å². The highest BCUT2D eigenvalue weighted by Gasteiger charge is 2.37. The minimum atomic E-state index is 0.348. The van der Waals surface area contributed by atoms with E-state index in [1.807, 2.05) is 0 Å². The summed E-state index contributed by atoms with van der Waals surface area (Å²) in [6, 6.07) is 0.816. The standard InChI is InChI=1S/C9H18N2/c10-7-9(5-1-2-6-9)11-8-3-4-8/h8,11H,1-7,10H2. The maximum Gasteiger partial charge on any atom is 0.0306 e. The molecule has 2 nitrogen and oxygen atoms in total. The highest BCUT2D eigenvalue weighted by Crippen LogP contribution is 2.32. The fourth-order valence-corrected chi connectivity index (χ4v) is 2.12. The van der Waals surface area contributed by atoms with E-state index >= 15 is 0 Å². The van der Waals surface area contributed by atoms with Crippen LogP contribution in [0.3, 0.4) is 0 Å². The van der Waals surface area contributed by atoms with Crippen molar-refractivity contribution in [2.45, 2.75) is 50.1 Å². The first-order chi connectivity index (χ1) is 5.35. The number of nitrogens with two attached hydrogens (primary N) is 1. The van der Waals surface area contributed by atoms with Crippen molar-refractivity contribution in [3.05, 3.63) is 0 Å². The van der Waals surface area contributed by atoms with Gasteiger partial charge in [0.25, 0.3) is 0 Å². The topological polar surface area (TPSA) is 38.0 Å². The van der Waals surface area contributed by atoms with Gasteiger partial charge in [0.1, 0.15) is 0 Å². The van der Waals surface area contributed by atoms with E-state index in [4.69, 9.17) is 5.73 Å². The number of nitrogens with one attached hydrogen (secondary N) is 1. The summed E-state index contributed by atoms with van der Waals surface area (Å²) in [5.41, 5.74) is 6.13. The lowest BCUT2D eigenvalue weighted by Gasteiger charge is -2.28. The Morgan fingerprint density at radius 3 is 2.36 bits per heavy atom. The van der Waals surface area contributed by atoms with Crippen LogP contribution in [0.1, 0.15) is 38.5 Å². The molecule has 0 aliphatic heterocycles. The van der Waals surface area contributed by atoms with Gasteiger partial charge >= 0.3 is 0 Å². The van der Waals surface area contributed by atoms with Crippen LogP contribution in [0.25, 0.3) is 0 Å². The highest BCUT2D eigenvalue weighted by molar-refractivity contribution is 4.98.